The van der Waals surface area contributed by atoms with Crippen molar-refractivity contribution < 1.29 is 9.84 Å². The standard InChI is InChI=1S/C21H28N2O2/c1-2-11-22-12-14-23(15-13-22)21(17-24)18-7-6-10-20(16-18)25-19-8-4-3-5-9-19/h3-10,16,21,24H,2,11-15,17H2,1H3. The van der Waals surface area contributed by atoms with Crippen LogP contribution in [-0.4, -0.2) is 54.2 Å². The van der Waals surface area contributed by atoms with E-state index in [-0.39, 0.29) is 12.6 Å². The van der Waals surface area contributed by atoms with Crippen LogP contribution in [0.2, 0.25) is 0 Å². The Labute approximate surface area is 150 Å². The van der Waals surface area contributed by atoms with Crippen LogP contribution in [0.5, 0.6) is 11.5 Å². The second-order valence-corrected chi connectivity index (χ2v) is 6.56. The molecule has 1 aliphatic heterocycles. The molecule has 1 atom stereocenters. The van der Waals surface area contributed by atoms with E-state index < -0.39 is 0 Å². The Balaban J connectivity index is 1.68. The summed E-state index contributed by atoms with van der Waals surface area (Å²) in [6, 6.07) is 17.9. The molecular weight excluding hydrogens is 312 g/mol. The highest BCUT2D eigenvalue weighted by Crippen LogP contribution is 2.27. The number of aliphatic hydroxyl groups is 1. The van der Waals surface area contributed by atoms with Gasteiger partial charge in [-0.1, -0.05) is 37.3 Å². The third-order valence-electron chi connectivity index (χ3n) is 4.78. The van der Waals surface area contributed by atoms with Crippen molar-refractivity contribution in [2.45, 2.75) is 19.4 Å². The van der Waals surface area contributed by atoms with E-state index in [0.29, 0.717) is 0 Å². The van der Waals surface area contributed by atoms with Crippen LogP contribution < -0.4 is 4.74 Å². The Morgan fingerprint density at radius 2 is 1.68 bits per heavy atom. The number of ether oxygens (including phenoxy) is 1. The van der Waals surface area contributed by atoms with E-state index in [9.17, 15) is 5.11 Å². The maximum Gasteiger partial charge on any atom is 0.127 e. The summed E-state index contributed by atoms with van der Waals surface area (Å²) in [4.78, 5) is 4.88. The molecule has 2 aromatic carbocycles. The smallest absolute Gasteiger partial charge is 0.127 e. The molecule has 0 radical (unpaired) electrons. The number of hydrogen-bond acceptors (Lipinski definition) is 4. The van der Waals surface area contributed by atoms with Gasteiger partial charge in [-0.15, -0.1) is 0 Å². The molecule has 0 amide bonds. The quantitative estimate of drug-likeness (QED) is 0.836. The van der Waals surface area contributed by atoms with Crippen molar-refractivity contribution in [2.75, 3.05) is 39.3 Å². The predicted molar refractivity (Wildman–Crippen MR) is 101 cm³/mol. The van der Waals surface area contributed by atoms with E-state index in [0.717, 1.165) is 49.8 Å². The molecule has 4 nitrogen and oxygen atoms in total. The number of para-hydroxylation sites is 1. The van der Waals surface area contributed by atoms with E-state index in [2.05, 4.69) is 22.8 Å². The minimum Gasteiger partial charge on any atom is -0.457 e. The highest BCUT2D eigenvalue weighted by atomic mass is 16.5. The number of piperazine rings is 1. The molecule has 0 saturated carbocycles. The van der Waals surface area contributed by atoms with E-state index in [1.165, 1.54) is 6.42 Å². The molecule has 0 aromatic heterocycles. The SMILES string of the molecule is CCCN1CCN(C(CO)c2cccc(Oc3ccccc3)c2)CC1. The van der Waals surface area contributed by atoms with E-state index >= 15 is 0 Å². The highest BCUT2D eigenvalue weighted by molar-refractivity contribution is 5.35. The lowest BCUT2D eigenvalue weighted by molar-refractivity contribution is 0.0650. The van der Waals surface area contributed by atoms with Gasteiger partial charge < -0.3 is 14.7 Å². The van der Waals surface area contributed by atoms with Crippen LogP contribution in [0.1, 0.15) is 24.9 Å². The number of nitrogens with zero attached hydrogens (tertiary/aromatic N) is 2. The van der Waals surface area contributed by atoms with Crippen LogP contribution in [0.25, 0.3) is 0 Å². The van der Waals surface area contributed by atoms with Crippen molar-refractivity contribution in [1.29, 1.82) is 0 Å². The van der Waals surface area contributed by atoms with E-state index in [4.69, 9.17) is 4.74 Å². The molecule has 0 aliphatic carbocycles. The Morgan fingerprint density at radius 3 is 2.36 bits per heavy atom. The van der Waals surface area contributed by atoms with Crippen LogP contribution >= 0.6 is 0 Å². The fourth-order valence-electron chi connectivity index (χ4n) is 3.46. The van der Waals surface area contributed by atoms with Crippen molar-refractivity contribution >= 4 is 0 Å². The van der Waals surface area contributed by atoms with Crippen LogP contribution in [0.3, 0.4) is 0 Å². The monoisotopic (exact) mass is 340 g/mol. The molecule has 134 valence electrons. The Kier molecular flexibility index (Phi) is 6.45. The average molecular weight is 340 g/mol. The van der Waals surface area contributed by atoms with Gasteiger partial charge in [-0.3, -0.25) is 4.90 Å². The molecule has 0 spiro atoms. The first-order valence-corrected chi connectivity index (χ1v) is 9.20. The van der Waals surface area contributed by atoms with Crippen molar-refractivity contribution in [1.82, 2.24) is 9.80 Å². The van der Waals surface area contributed by atoms with Gasteiger partial charge in [0.1, 0.15) is 11.5 Å². The van der Waals surface area contributed by atoms with E-state index in [1.807, 2.05) is 48.5 Å². The third kappa shape index (κ3) is 4.82. The molecule has 1 heterocycles. The first kappa shape index (κ1) is 17.9. The van der Waals surface area contributed by atoms with Crippen LogP contribution in [0.15, 0.2) is 54.6 Å². The van der Waals surface area contributed by atoms with Gasteiger partial charge in [0, 0.05) is 26.2 Å². The zero-order chi connectivity index (χ0) is 17.5. The normalized spacial score (nSPS) is 17.4. The van der Waals surface area contributed by atoms with Gasteiger partial charge in [0.2, 0.25) is 0 Å². The van der Waals surface area contributed by atoms with Gasteiger partial charge >= 0.3 is 0 Å². The van der Waals surface area contributed by atoms with Gasteiger partial charge in [0.15, 0.2) is 0 Å². The van der Waals surface area contributed by atoms with Gasteiger partial charge in [-0.25, -0.2) is 0 Å². The fourth-order valence-corrected chi connectivity index (χ4v) is 3.46. The zero-order valence-corrected chi connectivity index (χ0v) is 15.0. The summed E-state index contributed by atoms with van der Waals surface area (Å²) in [7, 11) is 0. The first-order valence-electron chi connectivity index (χ1n) is 9.20. The molecule has 1 saturated heterocycles. The number of benzene rings is 2. The average Bonchev–Trinajstić information content (AvgIpc) is 2.65. The molecule has 1 N–H and O–H groups in total. The minimum absolute atomic E-state index is 0.0306. The van der Waals surface area contributed by atoms with Gasteiger partial charge in [-0.05, 0) is 42.8 Å². The molecule has 2 aromatic rings. The van der Waals surface area contributed by atoms with Crippen molar-refractivity contribution in [3.8, 4) is 11.5 Å². The molecule has 4 heteroatoms. The van der Waals surface area contributed by atoms with Gasteiger partial charge in [-0.2, -0.15) is 0 Å². The number of rotatable bonds is 7. The predicted octanol–water partition coefficient (Wildman–Crippen LogP) is 3.54. The van der Waals surface area contributed by atoms with Crippen LogP contribution in [-0.2, 0) is 0 Å². The van der Waals surface area contributed by atoms with Crippen molar-refractivity contribution in [3.63, 3.8) is 0 Å². The largest absolute Gasteiger partial charge is 0.457 e. The first-order chi connectivity index (χ1) is 12.3. The number of aliphatic hydroxyl groups excluding tert-OH is 1. The molecular formula is C21H28N2O2. The van der Waals surface area contributed by atoms with Crippen molar-refractivity contribution in [3.05, 3.63) is 60.2 Å². The lowest BCUT2D eigenvalue weighted by Crippen LogP contribution is -2.48. The summed E-state index contributed by atoms with van der Waals surface area (Å²) in [5.74, 6) is 1.64. The van der Waals surface area contributed by atoms with Crippen LogP contribution in [0.4, 0.5) is 0 Å². The second-order valence-electron chi connectivity index (χ2n) is 6.56. The Morgan fingerprint density at radius 1 is 0.960 bits per heavy atom. The molecule has 1 fully saturated rings. The summed E-state index contributed by atoms with van der Waals surface area (Å²) in [5, 5.41) is 9.99. The van der Waals surface area contributed by atoms with Gasteiger partial charge in [0.05, 0.1) is 12.6 Å². The summed E-state index contributed by atoms with van der Waals surface area (Å²) >= 11 is 0. The molecule has 1 unspecified atom stereocenters. The number of hydrogen-bond donors (Lipinski definition) is 1. The fraction of sp³-hybridized carbons (Fsp3) is 0.429. The minimum atomic E-state index is 0.0306. The maximum absolute atomic E-state index is 9.99. The summed E-state index contributed by atoms with van der Waals surface area (Å²) in [5.41, 5.74) is 1.11. The Bertz CT molecular complexity index is 639. The molecule has 1 aliphatic rings. The topological polar surface area (TPSA) is 35.9 Å². The van der Waals surface area contributed by atoms with Gasteiger partial charge in [0.25, 0.3) is 0 Å². The zero-order valence-electron chi connectivity index (χ0n) is 15.0. The molecule has 3 rings (SSSR count). The third-order valence-corrected chi connectivity index (χ3v) is 4.78. The lowest BCUT2D eigenvalue weighted by atomic mass is 10.0. The van der Waals surface area contributed by atoms with E-state index in [1.54, 1.807) is 0 Å². The molecule has 25 heavy (non-hydrogen) atoms. The summed E-state index contributed by atoms with van der Waals surface area (Å²) < 4.78 is 5.94. The molecule has 0 bridgehead atoms. The summed E-state index contributed by atoms with van der Waals surface area (Å²) in [6.45, 7) is 7.65. The second kappa shape index (κ2) is 8.99. The highest BCUT2D eigenvalue weighted by Gasteiger charge is 2.24. The maximum atomic E-state index is 9.99. The van der Waals surface area contributed by atoms with Crippen molar-refractivity contribution in [2.24, 2.45) is 0 Å². The lowest BCUT2D eigenvalue weighted by Gasteiger charge is -2.38. The summed E-state index contributed by atoms with van der Waals surface area (Å²) in [6.07, 6.45) is 1.20. The van der Waals surface area contributed by atoms with Crippen LogP contribution in [0, 0.1) is 0 Å². The Hall–Kier alpha value is -1.88.